The molecule has 12 nitrogen and oxygen atoms in total. The van der Waals surface area contributed by atoms with Gasteiger partial charge in [-0.3, -0.25) is 14.3 Å². The third-order valence-corrected chi connectivity index (χ3v) is 4.78. The van der Waals surface area contributed by atoms with E-state index >= 15 is 4.39 Å². The molecule has 2 saturated heterocycles. The van der Waals surface area contributed by atoms with Crippen molar-refractivity contribution in [2.45, 2.75) is 83.3 Å². The first-order valence-corrected chi connectivity index (χ1v) is 10.3. The summed E-state index contributed by atoms with van der Waals surface area (Å²) in [5.74, 6) is -4.84. The molecule has 2 N–H and O–H groups in total. The summed E-state index contributed by atoms with van der Waals surface area (Å²) >= 11 is 0. The van der Waals surface area contributed by atoms with Crippen LogP contribution in [0.4, 0.5) is 9.18 Å². The molecule has 0 saturated carbocycles. The van der Waals surface area contributed by atoms with Crippen molar-refractivity contribution in [3.63, 3.8) is 0 Å². The first-order valence-electron chi connectivity index (χ1n) is 10.3. The third-order valence-electron chi connectivity index (χ3n) is 4.78. The third kappa shape index (κ3) is 5.60. The van der Waals surface area contributed by atoms with Crippen LogP contribution in [0.5, 0.6) is 0 Å². The number of esters is 1. The average molecular weight is 473 g/mol. The molecule has 1 aromatic rings. The van der Waals surface area contributed by atoms with E-state index in [1.165, 1.54) is 6.92 Å². The van der Waals surface area contributed by atoms with Gasteiger partial charge in [0.1, 0.15) is 17.7 Å². The maximum absolute atomic E-state index is 15.9. The molecule has 0 aromatic carbocycles. The molecule has 0 unspecified atom stereocenters. The minimum atomic E-state index is -2.68. The number of aromatic amines is 1. The standard InChI is InChI=1S/C20H28FN3O9/c1-10(22-17(28)33-18(2,3)4)15(26)29-9-20(21)13-12(30-19(5,6)31-13)14(32-20)24-8-7-11(25)23-16(24)27/h7-8,10,12-14H,9H2,1-6H3,(H,22,28)(H,23,25,27)/t10-,12+,13-,14+,20+/m0/s1. The summed E-state index contributed by atoms with van der Waals surface area (Å²) in [4.78, 5) is 49.8. The van der Waals surface area contributed by atoms with Crippen LogP contribution in [-0.2, 0) is 28.5 Å². The lowest BCUT2D eigenvalue weighted by atomic mass is 10.1. The lowest BCUT2D eigenvalue weighted by Crippen LogP contribution is -2.47. The summed E-state index contributed by atoms with van der Waals surface area (Å²) in [5, 5.41) is 2.30. The van der Waals surface area contributed by atoms with Gasteiger partial charge in [-0.2, -0.15) is 0 Å². The zero-order chi connectivity index (χ0) is 24.8. The van der Waals surface area contributed by atoms with E-state index in [-0.39, 0.29) is 0 Å². The number of alkyl halides is 1. The van der Waals surface area contributed by atoms with E-state index in [0.717, 1.165) is 16.8 Å². The van der Waals surface area contributed by atoms with Crippen LogP contribution in [0.2, 0.25) is 0 Å². The lowest BCUT2D eigenvalue weighted by molar-refractivity contribution is -0.267. The van der Waals surface area contributed by atoms with Gasteiger partial charge in [-0.25, -0.2) is 18.8 Å². The van der Waals surface area contributed by atoms with Crippen LogP contribution in [-0.4, -0.2) is 63.7 Å². The molecule has 0 radical (unpaired) electrons. The maximum Gasteiger partial charge on any atom is 0.408 e. The molecule has 2 aliphatic heterocycles. The summed E-state index contributed by atoms with van der Waals surface area (Å²) in [6, 6.07) is -0.0707. The van der Waals surface area contributed by atoms with Crippen molar-refractivity contribution < 1.29 is 37.7 Å². The fraction of sp³-hybridized carbons (Fsp3) is 0.700. The number of amides is 1. The fourth-order valence-electron chi connectivity index (χ4n) is 3.46. The summed E-state index contributed by atoms with van der Waals surface area (Å²) in [7, 11) is 0. The van der Waals surface area contributed by atoms with Crippen molar-refractivity contribution in [2.75, 3.05) is 6.61 Å². The van der Waals surface area contributed by atoms with Gasteiger partial charge >= 0.3 is 17.8 Å². The van der Waals surface area contributed by atoms with Crippen molar-refractivity contribution in [2.24, 2.45) is 0 Å². The molecular formula is C20H28FN3O9. The minimum Gasteiger partial charge on any atom is -0.458 e. The number of carbonyl (C=O) groups is 2. The molecule has 3 rings (SSSR count). The normalized spacial score (nSPS) is 29.2. The van der Waals surface area contributed by atoms with Gasteiger partial charge in [-0.1, -0.05) is 0 Å². The largest absolute Gasteiger partial charge is 0.458 e. The Balaban J connectivity index is 1.73. The minimum absolute atomic E-state index is 0.637. The highest BCUT2D eigenvalue weighted by molar-refractivity contribution is 5.81. The molecule has 1 aromatic heterocycles. The first-order chi connectivity index (χ1) is 15.1. The van der Waals surface area contributed by atoms with Crippen molar-refractivity contribution in [1.82, 2.24) is 14.9 Å². The Bertz CT molecular complexity index is 1030. The van der Waals surface area contributed by atoms with Gasteiger partial charge in [0.15, 0.2) is 24.7 Å². The highest BCUT2D eigenvalue weighted by Gasteiger charge is 2.65. The topological polar surface area (TPSA) is 147 Å². The number of fused-ring (bicyclic) bond motifs is 1. The van der Waals surface area contributed by atoms with Gasteiger partial charge in [-0.05, 0) is 41.5 Å². The predicted octanol–water partition coefficient (Wildman–Crippen LogP) is 0.708. The van der Waals surface area contributed by atoms with E-state index in [9.17, 15) is 19.2 Å². The summed E-state index contributed by atoms with van der Waals surface area (Å²) in [6.45, 7) is 8.52. The number of hydrogen-bond acceptors (Lipinski definition) is 9. The molecule has 33 heavy (non-hydrogen) atoms. The Hall–Kier alpha value is -2.77. The van der Waals surface area contributed by atoms with Crippen LogP contribution in [0.1, 0.15) is 47.8 Å². The van der Waals surface area contributed by atoms with Crippen molar-refractivity contribution >= 4 is 12.1 Å². The molecule has 2 fully saturated rings. The fourth-order valence-corrected chi connectivity index (χ4v) is 3.46. The zero-order valence-corrected chi connectivity index (χ0v) is 19.2. The van der Waals surface area contributed by atoms with E-state index in [4.69, 9.17) is 23.7 Å². The molecule has 1 amide bonds. The van der Waals surface area contributed by atoms with Gasteiger partial charge in [0.05, 0.1) is 0 Å². The van der Waals surface area contributed by atoms with Crippen molar-refractivity contribution in [3.05, 3.63) is 33.1 Å². The van der Waals surface area contributed by atoms with E-state index in [2.05, 4.69) is 10.3 Å². The molecule has 3 heterocycles. The maximum atomic E-state index is 15.9. The number of hydrogen-bond donors (Lipinski definition) is 2. The molecule has 2 aliphatic rings. The first kappa shape index (κ1) is 24.9. The predicted molar refractivity (Wildman–Crippen MR) is 109 cm³/mol. The monoisotopic (exact) mass is 473 g/mol. The number of nitrogens with zero attached hydrogens (tertiary/aromatic N) is 1. The Labute approximate surface area is 188 Å². The van der Waals surface area contributed by atoms with E-state index in [0.29, 0.717) is 0 Å². The zero-order valence-electron chi connectivity index (χ0n) is 19.2. The smallest absolute Gasteiger partial charge is 0.408 e. The van der Waals surface area contributed by atoms with Crippen LogP contribution in [0.25, 0.3) is 0 Å². The Morgan fingerprint density at radius 3 is 2.55 bits per heavy atom. The van der Waals surface area contributed by atoms with Gasteiger partial charge in [0.2, 0.25) is 0 Å². The molecule has 13 heteroatoms. The number of alkyl carbamates (subject to hydrolysis) is 1. The van der Waals surface area contributed by atoms with Crippen molar-refractivity contribution in [3.8, 4) is 0 Å². The highest BCUT2D eigenvalue weighted by atomic mass is 19.2. The molecule has 0 aliphatic carbocycles. The number of halogens is 1. The Kier molecular flexibility index (Phi) is 6.43. The van der Waals surface area contributed by atoms with Gasteiger partial charge < -0.3 is 29.0 Å². The van der Waals surface area contributed by atoms with E-state index in [1.54, 1.807) is 34.6 Å². The van der Waals surface area contributed by atoms with Crippen LogP contribution in [0.3, 0.4) is 0 Å². The molecule has 5 atom stereocenters. The molecular weight excluding hydrogens is 445 g/mol. The second-order valence-electron chi connectivity index (χ2n) is 9.31. The Morgan fingerprint density at radius 2 is 1.94 bits per heavy atom. The number of H-pyrrole nitrogens is 1. The highest BCUT2D eigenvalue weighted by Crippen LogP contribution is 2.48. The quantitative estimate of drug-likeness (QED) is 0.590. The van der Waals surface area contributed by atoms with Gasteiger partial charge in [0, 0.05) is 12.3 Å². The van der Waals surface area contributed by atoms with Crippen LogP contribution >= 0.6 is 0 Å². The second-order valence-corrected chi connectivity index (χ2v) is 9.31. The van der Waals surface area contributed by atoms with Crippen LogP contribution in [0.15, 0.2) is 21.9 Å². The molecule has 184 valence electrons. The molecule has 0 bridgehead atoms. The number of aromatic nitrogens is 2. The van der Waals surface area contributed by atoms with Crippen LogP contribution in [0, 0.1) is 0 Å². The summed E-state index contributed by atoms with van der Waals surface area (Å²) in [6.07, 6.45) is -3.43. The SMILES string of the molecule is C[C@H](NC(=O)OC(C)(C)C)C(=O)OC[C@@]1(F)O[C@@H](n2ccc(=O)[nH]c2=O)[C@@H]2OC(C)(C)O[C@@H]21. The number of carbonyl (C=O) groups excluding carboxylic acids is 2. The summed E-state index contributed by atoms with van der Waals surface area (Å²) in [5.41, 5.74) is -2.25. The summed E-state index contributed by atoms with van der Waals surface area (Å²) < 4.78 is 43.7. The second kappa shape index (κ2) is 8.54. The van der Waals surface area contributed by atoms with Gasteiger partial charge in [0.25, 0.3) is 11.4 Å². The average Bonchev–Trinajstić information content (AvgIpc) is 3.10. The number of nitrogens with one attached hydrogen (secondary N) is 2. The van der Waals surface area contributed by atoms with E-state index < -0.39 is 71.6 Å². The van der Waals surface area contributed by atoms with E-state index in [1.807, 2.05) is 0 Å². The number of rotatable bonds is 5. The van der Waals surface area contributed by atoms with Crippen LogP contribution < -0.4 is 16.6 Å². The van der Waals surface area contributed by atoms with Crippen molar-refractivity contribution in [1.29, 1.82) is 0 Å². The number of ether oxygens (including phenoxy) is 5. The lowest BCUT2D eigenvalue weighted by Gasteiger charge is -2.28. The molecule has 0 spiro atoms. The Morgan fingerprint density at radius 1 is 1.27 bits per heavy atom. The van der Waals surface area contributed by atoms with Gasteiger partial charge in [-0.15, -0.1) is 0 Å².